The summed E-state index contributed by atoms with van der Waals surface area (Å²) in [6.07, 6.45) is 1.56. The minimum atomic E-state index is -0.453. The van der Waals surface area contributed by atoms with Gasteiger partial charge in [-0.15, -0.1) is 5.10 Å². The zero-order valence-corrected chi connectivity index (χ0v) is 10.1. The van der Waals surface area contributed by atoms with Crippen molar-refractivity contribution in [3.8, 4) is 0 Å². The maximum absolute atomic E-state index is 12.0. The Morgan fingerprint density at radius 1 is 1.44 bits per heavy atom. The van der Waals surface area contributed by atoms with Crippen LogP contribution in [0.2, 0.25) is 0 Å². The number of carbonyl (C=O) groups excluding carboxylic acids is 1. The molecular weight excluding hydrogens is 230 g/mol. The standard InChI is InChI=1S/C12H15N5O/c1-9(17-11(7-13)8-14-16-17)12(18)15-10-5-3-2-4-6-10/h2-6,8-9H,7,13H2,1H3,(H,15,18). The monoisotopic (exact) mass is 245 g/mol. The lowest BCUT2D eigenvalue weighted by atomic mass is 10.2. The fraction of sp³-hybridized carbons (Fsp3) is 0.250. The van der Waals surface area contributed by atoms with E-state index in [2.05, 4.69) is 15.6 Å². The molecule has 6 nitrogen and oxygen atoms in total. The molecule has 6 heteroatoms. The lowest BCUT2D eigenvalue weighted by Gasteiger charge is -2.14. The van der Waals surface area contributed by atoms with Crippen molar-refractivity contribution in [2.75, 3.05) is 5.32 Å². The third-order valence-electron chi connectivity index (χ3n) is 2.65. The number of aromatic nitrogens is 3. The molecule has 1 amide bonds. The Labute approximate surface area is 105 Å². The van der Waals surface area contributed by atoms with Crippen LogP contribution in [0.4, 0.5) is 5.69 Å². The van der Waals surface area contributed by atoms with Crippen molar-refractivity contribution in [3.05, 3.63) is 42.2 Å². The van der Waals surface area contributed by atoms with Crippen LogP contribution >= 0.6 is 0 Å². The van der Waals surface area contributed by atoms with E-state index in [0.29, 0.717) is 6.54 Å². The highest BCUT2D eigenvalue weighted by Gasteiger charge is 2.18. The number of nitrogens with one attached hydrogen (secondary N) is 1. The Hall–Kier alpha value is -2.21. The van der Waals surface area contributed by atoms with Crippen LogP contribution in [-0.4, -0.2) is 20.9 Å². The minimum Gasteiger partial charge on any atom is -0.325 e. The second-order valence-electron chi connectivity index (χ2n) is 3.91. The first-order chi connectivity index (χ1) is 8.72. The van der Waals surface area contributed by atoms with Gasteiger partial charge in [-0.2, -0.15) is 0 Å². The highest BCUT2D eigenvalue weighted by Crippen LogP contribution is 2.12. The van der Waals surface area contributed by atoms with Crippen molar-refractivity contribution in [2.45, 2.75) is 19.5 Å². The van der Waals surface area contributed by atoms with Gasteiger partial charge < -0.3 is 11.1 Å². The van der Waals surface area contributed by atoms with E-state index in [0.717, 1.165) is 11.4 Å². The second kappa shape index (κ2) is 5.42. The summed E-state index contributed by atoms with van der Waals surface area (Å²) in [5.74, 6) is -0.151. The third kappa shape index (κ3) is 2.54. The maximum Gasteiger partial charge on any atom is 0.249 e. The number of hydrogen-bond acceptors (Lipinski definition) is 4. The van der Waals surface area contributed by atoms with Gasteiger partial charge in [0.05, 0.1) is 11.9 Å². The summed E-state index contributed by atoms with van der Waals surface area (Å²) in [5, 5.41) is 10.4. The van der Waals surface area contributed by atoms with E-state index < -0.39 is 6.04 Å². The van der Waals surface area contributed by atoms with E-state index in [1.54, 1.807) is 13.1 Å². The first-order valence-corrected chi connectivity index (χ1v) is 5.67. The van der Waals surface area contributed by atoms with Gasteiger partial charge in [0.1, 0.15) is 6.04 Å². The van der Waals surface area contributed by atoms with E-state index >= 15 is 0 Å². The lowest BCUT2D eigenvalue weighted by molar-refractivity contribution is -0.119. The SMILES string of the molecule is CC(C(=O)Nc1ccccc1)n1nncc1CN. The van der Waals surface area contributed by atoms with Gasteiger partial charge in [0.15, 0.2) is 0 Å². The summed E-state index contributed by atoms with van der Waals surface area (Å²) in [7, 11) is 0. The Bertz CT molecular complexity index is 522. The van der Waals surface area contributed by atoms with Crippen molar-refractivity contribution in [1.82, 2.24) is 15.0 Å². The fourth-order valence-electron chi connectivity index (χ4n) is 1.62. The van der Waals surface area contributed by atoms with Gasteiger partial charge in [-0.1, -0.05) is 23.4 Å². The predicted molar refractivity (Wildman–Crippen MR) is 67.7 cm³/mol. The van der Waals surface area contributed by atoms with E-state index in [-0.39, 0.29) is 5.91 Å². The predicted octanol–water partition coefficient (Wildman–Crippen LogP) is 0.936. The van der Waals surface area contributed by atoms with Gasteiger partial charge in [0, 0.05) is 12.2 Å². The van der Waals surface area contributed by atoms with E-state index in [1.165, 1.54) is 4.68 Å². The fourth-order valence-corrected chi connectivity index (χ4v) is 1.62. The molecule has 0 aliphatic heterocycles. The molecule has 3 N–H and O–H groups in total. The van der Waals surface area contributed by atoms with Crippen LogP contribution in [0, 0.1) is 0 Å². The molecule has 0 bridgehead atoms. The minimum absolute atomic E-state index is 0.151. The average molecular weight is 245 g/mol. The number of benzene rings is 1. The van der Waals surface area contributed by atoms with Crippen molar-refractivity contribution >= 4 is 11.6 Å². The van der Waals surface area contributed by atoms with Crippen molar-refractivity contribution in [2.24, 2.45) is 5.73 Å². The first kappa shape index (κ1) is 12.3. The second-order valence-corrected chi connectivity index (χ2v) is 3.91. The molecule has 0 saturated carbocycles. The molecule has 94 valence electrons. The summed E-state index contributed by atoms with van der Waals surface area (Å²) >= 11 is 0. The summed E-state index contributed by atoms with van der Waals surface area (Å²) in [5.41, 5.74) is 7.03. The quantitative estimate of drug-likeness (QED) is 0.839. The van der Waals surface area contributed by atoms with Crippen LogP contribution in [0.3, 0.4) is 0 Å². The molecular formula is C12H15N5O. The van der Waals surface area contributed by atoms with Crippen molar-refractivity contribution < 1.29 is 4.79 Å². The summed E-state index contributed by atoms with van der Waals surface area (Å²) < 4.78 is 1.53. The number of carbonyl (C=O) groups is 1. The molecule has 1 atom stereocenters. The van der Waals surface area contributed by atoms with Gasteiger partial charge in [0.25, 0.3) is 0 Å². The van der Waals surface area contributed by atoms with Crippen LogP contribution < -0.4 is 11.1 Å². The maximum atomic E-state index is 12.0. The van der Waals surface area contributed by atoms with Crippen molar-refractivity contribution in [3.63, 3.8) is 0 Å². The van der Waals surface area contributed by atoms with E-state index in [9.17, 15) is 4.79 Å². The largest absolute Gasteiger partial charge is 0.325 e. The zero-order valence-electron chi connectivity index (χ0n) is 10.1. The van der Waals surface area contributed by atoms with Gasteiger partial charge in [-0.25, -0.2) is 4.68 Å². The van der Waals surface area contributed by atoms with E-state index in [4.69, 9.17) is 5.73 Å². The Morgan fingerprint density at radius 2 is 2.17 bits per heavy atom. The highest BCUT2D eigenvalue weighted by atomic mass is 16.2. The number of rotatable bonds is 4. The first-order valence-electron chi connectivity index (χ1n) is 5.67. The number of anilines is 1. The molecule has 0 fully saturated rings. The van der Waals surface area contributed by atoms with Crippen LogP contribution in [0.5, 0.6) is 0 Å². The lowest BCUT2D eigenvalue weighted by Crippen LogP contribution is -2.26. The van der Waals surface area contributed by atoms with Crippen LogP contribution in [0.1, 0.15) is 18.7 Å². The third-order valence-corrected chi connectivity index (χ3v) is 2.65. The number of hydrogen-bond donors (Lipinski definition) is 2. The molecule has 0 saturated heterocycles. The Morgan fingerprint density at radius 3 is 2.83 bits per heavy atom. The van der Waals surface area contributed by atoms with Crippen LogP contribution in [-0.2, 0) is 11.3 Å². The summed E-state index contributed by atoms with van der Waals surface area (Å²) in [6, 6.07) is 8.82. The molecule has 0 aliphatic carbocycles. The highest BCUT2D eigenvalue weighted by molar-refractivity contribution is 5.93. The van der Waals surface area contributed by atoms with Crippen LogP contribution in [0.15, 0.2) is 36.5 Å². The molecule has 0 aliphatic rings. The summed E-state index contributed by atoms with van der Waals surface area (Å²) in [6.45, 7) is 2.06. The Balaban J connectivity index is 2.10. The number of nitrogens with two attached hydrogens (primary N) is 1. The molecule has 2 aromatic rings. The molecule has 1 aromatic heterocycles. The number of para-hydroxylation sites is 1. The number of amides is 1. The molecule has 1 aromatic carbocycles. The number of nitrogens with zero attached hydrogens (tertiary/aromatic N) is 3. The molecule has 2 rings (SSSR count). The van der Waals surface area contributed by atoms with Gasteiger partial charge in [-0.3, -0.25) is 4.79 Å². The normalized spacial score (nSPS) is 12.1. The van der Waals surface area contributed by atoms with Crippen molar-refractivity contribution in [1.29, 1.82) is 0 Å². The zero-order chi connectivity index (χ0) is 13.0. The molecule has 0 spiro atoms. The smallest absolute Gasteiger partial charge is 0.249 e. The Kier molecular flexibility index (Phi) is 3.69. The van der Waals surface area contributed by atoms with E-state index in [1.807, 2.05) is 30.3 Å². The molecule has 1 unspecified atom stereocenters. The average Bonchev–Trinajstić information content (AvgIpc) is 2.87. The van der Waals surface area contributed by atoms with Crippen LogP contribution in [0.25, 0.3) is 0 Å². The molecule has 18 heavy (non-hydrogen) atoms. The van der Waals surface area contributed by atoms with Gasteiger partial charge in [-0.05, 0) is 19.1 Å². The summed E-state index contributed by atoms with van der Waals surface area (Å²) in [4.78, 5) is 12.0. The topological polar surface area (TPSA) is 85.8 Å². The van der Waals surface area contributed by atoms with Gasteiger partial charge in [0.2, 0.25) is 5.91 Å². The molecule has 1 heterocycles. The molecule has 0 radical (unpaired) electrons. The van der Waals surface area contributed by atoms with Gasteiger partial charge >= 0.3 is 0 Å².